The minimum atomic E-state index is -0.660. The summed E-state index contributed by atoms with van der Waals surface area (Å²) in [6.07, 6.45) is 11.4. The molecule has 1 aliphatic rings. The summed E-state index contributed by atoms with van der Waals surface area (Å²) in [4.78, 5) is 0. The van der Waals surface area contributed by atoms with Crippen LogP contribution in [0, 0.1) is 5.92 Å². The predicted octanol–water partition coefficient (Wildman–Crippen LogP) is 2.70. The zero-order valence-corrected chi connectivity index (χ0v) is 11.7. The van der Waals surface area contributed by atoms with E-state index in [1.165, 1.54) is 38.5 Å². The van der Waals surface area contributed by atoms with Crippen molar-refractivity contribution < 1.29 is 4.21 Å². The van der Waals surface area contributed by atoms with Crippen LogP contribution in [-0.2, 0) is 10.8 Å². The Morgan fingerprint density at radius 3 is 2.56 bits per heavy atom. The lowest BCUT2D eigenvalue weighted by Gasteiger charge is -2.21. The van der Waals surface area contributed by atoms with Crippen LogP contribution in [0.2, 0.25) is 0 Å². The lowest BCUT2D eigenvalue weighted by atomic mass is 9.87. The third kappa shape index (κ3) is 6.00. The molecule has 0 amide bonds. The van der Waals surface area contributed by atoms with E-state index in [4.69, 9.17) is 0 Å². The van der Waals surface area contributed by atoms with E-state index < -0.39 is 10.8 Å². The Morgan fingerprint density at radius 1 is 1.25 bits per heavy atom. The maximum atomic E-state index is 11.1. The highest BCUT2D eigenvalue weighted by molar-refractivity contribution is 7.84. The van der Waals surface area contributed by atoms with E-state index in [1.54, 1.807) is 6.26 Å². The van der Waals surface area contributed by atoms with Gasteiger partial charge in [-0.2, -0.15) is 0 Å². The third-order valence-electron chi connectivity index (χ3n) is 3.75. The molecule has 0 aromatic rings. The molecular weight excluding hydrogens is 218 g/mol. The molecule has 2 unspecified atom stereocenters. The molecule has 0 aliphatic heterocycles. The number of hydrogen-bond acceptors (Lipinski definition) is 2. The van der Waals surface area contributed by atoms with Crippen molar-refractivity contribution in [2.24, 2.45) is 5.92 Å². The lowest BCUT2D eigenvalue weighted by molar-refractivity contribution is 0.334. The Bertz CT molecular complexity index is 202. The molecule has 1 fully saturated rings. The molecule has 0 bridgehead atoms. The minimum Gasteiger partial charge on any atom is -0.317 e. The molecule has 2 atom stereocenters. The van der Waals surface area contributed by atoms with Crippen LogP contribution >= 0.6 is 0 Å². The van der Waals surface area contributed by atoms with E-state index in [2.05, 4.69) is 12.2 Å². The van der Waals surface area contributed by atoms with E-state index >= 15 is 0 Å². The normalized spacial score (nSPS) is 21.9. The average molecular weight is 245 g/mol. The van der Waals surface area contributed by atoms with E-state index in [0.29, 0.717) is 5.25 Å². The zero-order chi connectivity index (χ0) is 11.8. The standard InChI is InChI=1S/C13H27NOS/c1-12(16(2)15)8-10-14-11-9-13-6-4-3-5-7-13/h12-14H,3-11H2,1-2H3. The van der Waals surface area contributed by atoms with Gasteiger partial charge in [0.25, 0.3) is 0 Å². The summed E-state index contributed by atoms with van der Waals surface area (Å²) in [5.41, 5.74) is 0. The SMILES string of the molecule is CC(CCNCCC1CCCCC1)S(C)=O. The summed E-state index contributed by atoms with van der Waals surface area (Å²) in [5.74, 6) is 0.971. The Hall–Kier alpha value is 0.110. The van der Waals surface area contributed by atoms with Gasteiger partial charge in [-0.3, -0.25) is 4.21 Å². The molecule has 2 nitrogen and oxygen atoms in total. The third-order valence-corrected chi connectivity index (χ3v) is 5.12. The number of rotatable bonds is 7. The summed E-state index contributed by atoms with van der Waals surface area (Å²) in [6.45, 7) is 4.24. The quantitative estimate of drug-likeness (QED) is 0.699. The molecule has 0 aromatic carbocycles. The summed E-state index contributed by atoms with van der Waals surface area (Å²) in [6, 6.07) is 0. The van der Waals surface area contributed by atoms with E-state index in [9.17, 15) is 4.21 Å². The fourth-order valence-corrected chi connectivity index (χ4v) is 2.83. The van der Waals surface area contributed by atoms with Gasteiger partial charge >= 0.3 is 0 Å². The minimum absolute atomic E-state index is 0.335. The summed E-state index contributed by atoms with van der Waals surface area (Å²) < 4.78 is 11.1. The van der Waals surface area contributed by atoms with Gasteiger partial charge in [0.1, 0.15) is 0 Å². The first-order chi connectivity index (χ1) is 7.70. The van der Waals surface area contributed by atoms with E-state index in [1.807, 2.05) is 0 Å². The smallest absolute Gasteiger partial charge is 0.0329 e. The van der Waals surface area contributed by atoms with Crippen LogP contribution in [0.15, 0.2) is 0 Å². The molecular formula is C13H27NOS. The van der Waals surface area contributed by atoms with Crippen LogP contribution in [0.1, 0.15) is 51.9 Å². The molecule has 0 aromatic heterocycles. The van der Waals surface area contributed by atoms with Crippen LogP contribution in [0.5, 0.6) is 0 Å². The fourth-order valence-electron chi connectivity index (χ4n) is 2.38. The number of hydrogen-bond donors (Lipinski definition) is 1. The number of nitrogens with one attached hydrogen (secondary N) is 1. The van der Waals surface area contributed by atoms with E-state index in [0.717, 1.165) is 25.4 Å². The average Bonchev–Trinajstić information content (AvgIpc) is 2.29. The zero-order valence-electron chi connectivity index (χ0n) is 10.8. The Kier molecular flexibility index (Phi) is 7.30. The van der Waals surface area contributed by atoms with Gasteiger partial charge in [-0.25, -0.2) is 0 Å². The van der Waals surface area contributed by atoms with Gasteiger partial charge < -0.3 is 5.32 Å². The molecule has 0 saturated heterocycles. The van der Waals surface area contributed by atoms with Gasteiger partial charge in [-0.15, -0.1) is 0 Å². The monoisotopic (exact) mass is 245 g/mol. The van der Waals surface area contributed by atoms with Crippen molar-refractivity contribution in [1.82, 2.24) is 5.32 Å². The highest BCUT2D eigenvalue weighted by atomic mass is 32.2. The summed E-state index contributed by atoms with van der Waals surface area (Å²) in [7, 11) is -0.660. The first-order valence-corrected chi connectivity index (χ1v) is 8.35. The van der Waals surface area contributed by atoms with Crippen molar-refractivity contribution in [1.29, 1.82) is 0 Å². The maximum absolute atomic E-state index is 11.1. The van der Waals surface area contributed by atoms with Crippen molar-refractivity contribution in [3.63, 3.8) is 0 Å². The molecule has 1 rings (SSSR count). The van der Waals surface area contributed by atoms with Gasteiger partial charge in [0.15, 0.2) is 0 Å². The van der Waals surface area contributed by atoms with Crippen molar-refractivity contribution >= 4 is 10.8 Å². The largest absolute Gasteiger partial charge is 0.317 e. The van der Waals surface area contributed by atoms with Crippen LogP contribution in [0.25, 0.3) is 0 Å². The molecule has 0 heterocycles. The molecule has 0 radical (unpaired) electrons. The van der Waals surface area contributed by atoms with Gasteiger partial charge in [0, 0.05) is 22.3 Å². The summed E-state index contributed by atoms with van der Waals surface area (Å²) >= 11 is 0. The highest BCUT2D eigenvalue weighted by Gasteiger charge is 2.12. The van der Waals surface area contributed by atoms with Gasteiger partial charge in [-0.05, 0) is 31.8 Å². The van der Waals surface area contributed by atoms with Crippen LogP contribution < -0.4 is 5.32 Å². The van der Waals surface area contributed by atoms with Crippen molar-refractivity contribution in [3.05, 3.63) is 0 Å². The predicted molar refractivity (Wildman–Crippen MR) is 72.2 cm³/mol. The molecule has 96 valence electrons. The molecule has 3 heteroatoms. The van der Waals surface area contributed by atoms with Crippen LogP contribution in [0.3, 0.4) is 0 Å². The first kappa shape index (κ1) is 14.2. The molecule has 1 aliphatic carbocycles. The second-order valence-electron chi connectivity index (χ2n) is 5.14. The highest BCUT2D eigenvalue weighted by Crippen LogP contribution is 2.25. The molecule has 0 spiro atoms. The van der Waals surface area contributed by atoms with Gasteiger partial charge in [0.2, 0.25) is 0 Å². The summed E-state index contributed by atoms with van der Waals surface area (Å²) in [5, 5.41) is 3.82. The molecule has 1 N–H and O–H groups in total. The Morgan fingerprint density at radius 2 is 1.94 bits per heavy atom. The van der Waals surface area contributed by atoms with Crippen LogP contribution in [-0.4, -0.2) is 28.8 Å². The van der Waals surface area contributed by atoms with Gasteiger partial charge in [-0.1, -0.05) is 39.0 Å². The second kappa shape index (κ2) is 8.24. The lowest BCUT2D eigenvalue weighted by Crippen LogP contribution is -2.24. The topological polar surface area (TPSA) is 29.1 Å². The first-order valence-electron chi connectivity index (χ1n) is 6.73. The maximum Gasteiger partial charge on any atom is 0.0329 e. The van der Waals surface area contributed by atoms with Crippen molar-refractivity contribution in [2.75, 3.05) is 19.3 Å². The fraction of sp³-hybridized carbons (Fsp3) is 1.00. The van der Waals surface area contributed by atoms with E-state index in [-0.39, 0.29) is 0 Å². The Balaban J connectivity index is 1.93. The molecule has 16 heavy (non-hydrogen) atoms. The van der Waals surface area contributed by atoms with Crippen LogP contribution in [0.4, 0.5) is 0 Å². The van der Waals surface area contributed by atoms with Gasteiger partial charge in [0.05, 0.1) is 0 Å². The second-order valence-corrected chi connectivity index (χ2v) is 6.94. The van der Waals surface area contributed by atoms with Crippen molar-refractivity contribution in [3.8, 4) is 0 Å². The Labute approximate surface area is 103 Å². The van der Waals surface area contributed by atoms with Crippen molar-refractivity contribution in [2.45, 2.75) is 57.1 Å². The molecule has 1 saturated carbocycles.